The van der Waals surface area contributed by atoms with E-state index < -0.39 is 0 Å². The average molecular weight is 279 g/mol. The Morgan fingerprint density at radius 3 is 2.48 bits per heavy atom. The van der Waals surface area contributed by atoms with Crippen LogP contribution in [0, 0.1) is 0 Å². The summed E-state index contributed by atoms with van der Waals surface area (Å²) in [7, 11) is 0. The van der Waals surface area contributed by atoms with Crippen LogP contribution >= 0.6 is 0 Å². The summed E-state index contributed by atoms with van der Waals surface area (Å²) < 4.78 is 5.77. The maximum absolute atomic E-state index is 5.77. The summed E-state index contributed by atoms with van der Waals surface area (Å²) in [6.07, 6.45) is 5.32. The van der Waals surface area contributed by atoms with Gasteiger partial charge in [-0.05, 0) is 23.3 Å². The molecule has 0 saturated heterocycles. The number of nitrogens with one attached hydrogen (secondary N) is 1. The summed E-state index contributed by atoms with van der Waals surface area (Å²) >= 11 is 0. The Labute approximate surface area is 124 Å². The quantitative estimate of drug-likeness (QED) is 0.913. The van der Waals surface area contributed by atoms with Gasteiger partial charge in [-0.1, -0.05) is 42.5 Å². The summed E-state index contributed by atoms with van der Waals surface area (Å²) in [6.45, 7) is 1.37. The monoisotopic (exact) mass is 279 g/mol. The molecule has 0 aromatic heterocycles. The summed E-state index contributed by atoms with van der Waals surface area (Å²) in [5.41, 5.74) is 5.43. The largest absolute Gasteiger partial charge is 0.489 e. The fourth-order valence-corrected chi connectivity index (χ4v) is 2.04. The SMILES string of the molecule is C1=CN(Cc2ccc(OCc3ccccc3)cc2)NC=N1. The van der Waals surface area contributed by atoms with E-state index in [1.165, 1.54) is 11.1 Å². The third-order valence-electron chi connectivity index (χ3n) is 3.16. The average Bonchev–Trinajstić information content (AvgIpc) is 2.56. The minimum atomic E-state index is 0.590. The van der Waals surface area contributed by atoms with E-state index in [1.807, 2.05) is 41.5 Å². The van der Waals surface area contributed by atoms with Gasteiger partial charge in [0.1, 0.15) is 18.7 Å². The third-order valence-corrected chi connectivity index (χ3v) is 3.16. The van der Waals surface area contributed by atoms with Gasteiger partial charge in [0, 0.05) is 12.4 Å². The zero-order valence-corrected chi connectivity index (χ0v) is 11.6. The van der Waals surface area contributed by atoms with E-state index in [0.717, 1.165) is 12.3 Å². The van der Waals surface area contributed by atoms with Gasteiger partial charge in [0.2, 0.25) is 0 Å². The Bertz CT molecular complexity index is 620. The Kier molecular flexibility index (Phi) is 4.17. The molecule has 0 aliphatic carbocycles. The lowest BCUT2D eigenvalue weighted by molar-refractivity contribution is 0.305. The van der Waals surface area contributed by atoms with Crippen LogP contribution < -0.4 is 10.2 Å². The van der Waals surface area contributed by atoms with E-state index in [9.17, 15) is 0 Å². The Balaban J connectivity index is 1.54. The second-order valence-corrected chi connectivity index (χ2v) is 4.75. The highest BCUT2D eigenvalue weighted by Crippen LogP contribution is 2.15. The van der Waals surface area contributed by atoms with Crippen LogP contribution in [0.2, 0.25) is 0 Å². The second kappa shape index (κ2) is 6.61. The normalized spacial score (nSPS) is 13.0. The summed E-state index contributed by atoms with van der Waals surface area (Å²) in [4.78, 5) is 3.96. The fraction of sp³-hybridized carbons (Fsp3) is 0.118. The molecule has 1 aliphatic rings. The highest BCUT2D eigenvalue weighted by atomic mass is 16.5. The molecule has 0 unspecified atom stereocenters. The first-order chi connectivity index (χ1) is 10.4. The number of hydrogen-bond acceptors (Lipinski definition) is 4. The summed E-state index contributed by atoms with van der Waals surface area (Å²) in [5, 5.41) is 1.97. The fourth-order valence-electron chi connectivity index (χ4n) is 2.04. The van der Waals surface area contributed by atoms with Gasteiger partial charge in [-0.2, -0.15) is 0 Å². The van der Waals surface area contributed by atoms with Crippen molar-refractivity contribution in [2.45, 2.75) is 13.2 Å². The lowest BCUT2D eigenvalue weighted by Gasteiger charge is -2.21. The zero-order valence-electron chi connectivity index (χ0n) is 11.6. The molecule has 0 fully saturated rings. The van der Waals surface area contributed by atoms with Crippen molar-refractivity contribution < 1.29 is 4.74 Å². The molecule has 4 nitrogen and oxygen atoms in total. The third kappa shape index (κ3) is 3.86. The molecule has 1 N–H and O–H groups in total. The van der Waals surface area contributed by atoms with Crippen LogP contribution in [0.4, 0.5) is 0 Å². The highest BCUT2D eigenvalue weighted by molar-refractivity contribution is 5.55. The Hall–Kier alpha value is -2.75. The van der Waals surface area contributed by atoms with E-state index in [4.69, 9.17) is 4.74 Å². The standard InChI is InChI=1S/C17H17N3O/c1-2-4-16(5-3-1)13-21-17-8-6-15(7-9-17)12-20-11-10-18-14-19-20/h1-11,14H,12-13H2,(H,18,19). The van der Waals surface area contributed by atoms with Crippen molar-refractivity contribution in [3.05, 3.63) is 78.1 Å². The van der Waals surface area contributed by atoms with E-state index in [2.05, 4.69) is 34.7 Å². The van der Waals surface area contributed by atoms with Crippen molar-refractivity contribution in [1.29, 1.82) is 0 Å². The van der Waals surface area contributed by atoms with E-state index in [-0.39, 0.29) is 0 Å². The molecule has 2 aromatic carbocycles. The van der Waals surface area contributed by atoms with Crippen molar-refractivity contribution in [1.82, 2.24) is 10.4 Å². The van der Waals surface area contributed by atoms with Gasteiger partial charge in [0.25, 0.3) is 0 Å². The second-order valence-electron chi connectivity index (χ2n) is 4.75. The van der Waals surface area contributed by atoms with Gasteiger partial charge < -0.3 is 4.74 Å². The molecule has 1 aliphatic heterocycles. The number of nitrogens with zero attached hydrogens (tertiary/aromatic N) is 2. The minimum absolute atomic E-state index is 0.590. The maximum atomic E-state index is 5.77. The zero-order chi connectivity index (χ0) is 14.3. The van der Waals surface area contributed by atoms with Crippen molar-refractivity contribution in [2.75, 3.05) is 0 Å². The topological polar surface area (TPSA) is 36.9 Å². The Morgan fingerprint density at radius 1 is 0.952 bits per heavy atom. The number of hydrogen-bond donors (Lipinski definition) is 1. The van der Waals surface area contributed by atoms with Gasteiger partial charge in [-0.15, -0.1) is 0 Å². The molecule has 0 amide bonds. The molecule has 4 heteroatoms. The van der Waals surface area contributed by atoms with Crippen molar-refractivity contribution in [3.8, 4) is 5.75 Å². The van der Waals surface area contributed by atoms with Gasteiger partial charge in [-0.3, -0.25) is 10.4 Å². The number of rotatable bonds is 5. The highest BCUT2D eigenvalue weighted by Gasteiger charge is 2.02. The molecule has 1 heterocycles. The summed E-state index contributed by atoms with van der Waals surface area (Å²) in [5.74, 6) is 0.881. The van der Waals surface area contributed by atoms with E-state index in [1.54, 1.807) is 12.5 Å². The first kappa shape index (κ1) is 13.2. The molecule has 2 aromatic rings. The van der Waals surface area contributed by atoms with E-state index >= 15 is 0 Å². The van der Waals surface area contributed by atoms with Crippen LogP contribution in [0.25, 0.3) is 0 Å². The smallest absolute Gasteiger partial charge is 0.119 e. The molecule has 21 heavy (non-hydrogen) atoms. The van der Waals surface area contributed by atoms with Crippen molar-refractivity contribution in [3.63, 3.8) is 0 Å². The van der Waals surface area contributed by atoms with Crippen molar-refractivity contribution >= 4 is 6.34 Å². The lowest BCUT2D eigenvalue weighted by atomic mass is 10.2. The number of aliphatic imine (C=N–C) groups is 1. The summed E-state index contributed by atoms with van der Waals surface area (Å²) in [6, 6.07) is 18.3. The van der Waals surface area contributed by atoms with Crippen LogP contribution in [0.15, 0.2) is 72.0 Å². The van der Waals surface area contributed by atoms with Crippen LogP contribution in [0.5, 0.6) is 5.75 Å². The van der Waals surface area contributed by atoms with Gasteiger partial charge >= 0.3 is 0 Å². The van der Waals surface area contributed by atoms with Crippen LogP contribution in [0.3, 0.4) is 0 Å². The van der Waals surface area contributed by atoms with E-state index in [0.29, 0.717) is 6.61 Å². The van der Waals surface area contributed by atoms with Gasteiger partial charge in [-0.25, -0.2) is 4.99 Å². The predicted octanol–water partition coefficient (Wildman–Crippen LogP) is 3.09. The van der Waals surface area contributed by atoms with Gasteiger partial charge in [0.05, 0.1) is 6.54 Å². The van der Waals surface area contributed by atoms with Crippen molar-refractivity contribution in [2.24, 2.45) is 4.99 Å². The molecule has 0 radical (unpaired) electrons. The molecule has 0 atom stereocenters. The first-order valence-corrected chi connectivity index (χ1v) is 6.87. The van der Waals surface area contributed by atoms with Gasteiger partial charge in [0.15, 0.2) is 0 Å². The molecular formula is C17H17N3O. The molecule has 0 saturated carbocycles. The number of ether oxygens (including phenoxy) is 1. The number of hydrazine groups is 1. The molecular weight excluding hydrogens is 262 g/mol. The number of benzene rings is 2. The van der Waals surface area contributed by atoms with Crippen LogP contribution in [-0.2, 0) is 13.2 Å². The predicted molar refractivity (Wildman–Crippen MR) is 83.5 cm³/mol. The Morgan fingerprint density at radius 2 is 1.76 bits per heavy atom. The molecule has 3 rings (SSSR count). The first-order valence-electron chi connectivity index (χ1n) is 6.87. The van der Waals surface area contributed by atoms with Crippen LogP contribution in [0.1, 0.15) is 11.1 Å². The lowest BCUT2D eigenvalue weighted by Crippen LogP contribution is -2.33. The maximum Gasteiger partial charge on any atom is 0.119 e. The minimum Gasteiger partial charge on any atom is -0.489 e. The van der Waals surface area contributed by atoms with Crippen LogP contribution in [-0.4, -0.2) is 11.3 Å². The molecule has 0 bridgehead atoms. The molecule has 0 spiro atoms. The molecule has 106 valence electrons.